The molecule has 0 aromatic heterocycles. The Morgan fingerprint density at radius 2 is 1.50 bits per heavy atom. The second kappa shape index (κ2) is 2.12. The summed E-state index contributed by atoms with van der Waals surface area (Å²) < 4.78 is 61.4. The van der Waals surface area contributed by atoms with Crippen LogP contribution in [0.4, 0.5) is 22.0 Å². The van der Waals surface area contributed by atoms with E-state index in [4.69, 9.17) is 0 Å². The van der Waals surface area contributed by atoms with Gasteiger partial charge in [0.05, 0.1) is 0 Å². The highest BCUT2D eigenvalue weighted by atomic mass is 19.4. The van der Waals surface area contributed by atoms with E-state index in [2.05, 4.69) is 0 Å². The van der Waals surface area contributed by atoms with E-state index in [1.54, 1.807) is 0 Å². The lowest BCUT2D eigenvalue weighted by Crippen LogP contribution is -2.35. The first-order chi connectivity index (χ1) is 5.15. The van der Waals surface area contributed by atoms with Gasteiger partial charge in [0.25, 0.3) is 5.92 Å². The second-order valence-corrected chi connectivity index (χ2v) is 3.51. The maximum atomic E-state index is 12.5. The van der Waals surface area contributed by atoms with Gasteiger partial charge in [-0.3, -0.25) is 0 Å². The Bertz CT molecular complexity index is 192. The van der Waals surface area contributed by atoms with Gasteiger partial charge in [0.2, 0.25) is 0 Å². The Morgan fingerprint density at radius 3 is 1.50 bits per heavy atom. The SMILES string of the molecule is CC(C)C1(C(F)(F)F)CC1(F)F. The molecule has 1 aliphatic carbocycles. The molecule has 0 amide bonds. The van der Waals surface area contributed by atoms with E-state index in [0.29, 0.717) is 0 Å². The molecule has 12 heavy (non-hydrogen) atoms. The highest BCUT2D eigenvalue weighted by Crippen LogP contribution is 2.71. The summed E-state index contributed by atoms with van der Waals surface area (Å²) in [5, 5.41) is 0. The van der Waals surface area contributed by atoms with E-state index in [-0.39, 0.29) is 0 Å². The van der Waals surface area contributed by atoms with Crippen molar-refractivity contribution in [2.75, 3.05) is 0 Å². The molecule has 0 N–H and O–H groups in total. The van der Waals surface area contributed by atoms with Crippen LogP contribution in [0, 0.1) is 11.3 Å². The van der Waals surface area contributed by atoms with E-state index in [1.165, 1.54) is 13.8 Å². The van der Waals surface area contributed by atoms with Gasteiger partial charge in [-0.2, -0.15) is 13.2 Å². The van der Waals surface area contributed by atoms with Crippen LogP contribution in [0.15, 0.2) is 0 Å². The fourth-order valence-electron chi connectivity index (χ4n) is 1.57. The summed E-state index contributed by atoms with van der Waals surface area (Å²) in [6.45, 7) is 2.35. The van der Waals surface area contributed by atoms with Crippen LogP contribution in [0.25, 0.3) is 0 Å². The highest BCUT2D eigenvalue weighted by molar-refractivity contribution is 5.15. The first-order valence-electron chi connectivity index (χ1n) is 3.60. The van der Waals surface area contributed by atoms with Crippen molar-refractivity contribution >= 4 is 0 Å². The molecule has 0 heterocycles. The Morgan fingerprint density at radius 1 is 1.17 bits per heavy atom. The standard InChI is InChI=1S/C7H9F5/c1-4(2)5(7(10,11)12)3-6(5,8)9/h4H,3H2,1-2H3. The van der Waals surface area contributed by atoms with Crippen molar-refractivity contribution in [2.45, 2.75) is 32.4 Å². The van der Waals surface area contributed by atoms with Crippen LogP contribution < -0.4 is 0 Å². The zero-order valence-electron chi connectivity index (χ0n) is 6.67. The van der Waals surface area contributed by atoms with Gasteiger partial charge in [-0.15, -0.1) is 0 Å². The van der Waals surface area contributed by atoms with Crippen LogP contribution >= 0.6 is 0 Å². The van der Waals surface area contributed by atoms with Crippen molar-refractivity contribution in [3.05, 3.63) is 0 Å². The minimum atomic E-state index is -4.79. The lowest BCUT2D eigenvalue weighted by atomic mass is 9.91. The molecule has 0 radical (unpaired) electrons. The van der Waals surface area contributed by atoms with Crippen molar-refractivity contribution in [2.24, 2.45) is 11.3 Å². The molecule has 1 fully saturated rings. The molecular weight excluding hydrogens is 179 g/mol. The Hall–Kier alpha value is -0.350. The first kappa shape index (κ1) is 9.74. The minimum absolute atomic E-state index is 1.05. The van der Waals surface area contributed by atoms with Gasteiger partial charge in [-0.05, 0) is 5.92 Å². The predicted molar refractivity (Wildman–Crippen MR) is 32.9 cm³/mol. The summed E-state index contributed by atoms with van der Waals surface area (Å²) in [6, 6.07) is 0. The average molecular weight is 188 g/mol. The molecule has 72 valence electrons. The summed E-state index contributed by atoms with van der Waals surface area (Å²) >= 11 is 0. The van der Waals surface area contributed by atoms with Gasteiger partial charge in [0.1, 0.15) is 5.41 Å². The Balaban J connectivity index is 2.95. The molecule has 1 rings (SSSR count). The maximum absolute atomic E-state index is 12.5. The zero-order valence-corrected chi connectivity index (χ0v) is 6.67. The van der Waals surface area contributed by atoms with E-state index in [1.807, 2.05) is 0 Å². The van der Waals surface area contributed by atoms with E-state index < -0.39 is 29.9 Å². The summed E-state index contributed by atoms with van der Waals surface area (Å²) in [4.78, 5) is 0. The van der Waals surface area contributed by atoms with Crippen molar-refractivity contribution < 1.29 is 22.0 Å². The lowest BCUT2D eigenvalue weighted by molar-refractivity contribution is -0.225. The van der Waals surface area contributed by atoms with Crippen LogP contribution in [-0.2, 0) is 0 Å². The van der Waals surface area contributed by atoms with Crippen molar-refractivity contribution in [3.8, 4) is 0 Å². The molecule has 1 saturated carbocycles. The third-order valence-electron chi connectivity index (χ3n) is 2.52. The van der Waals surface area contributed by atoms with Crippen LogP contribution in [0.5, 0.6) is 0 Å². The monoisotopic (exact) mass is 188 g/mol. The van der Waals surface area contributed by atoms with Crippen LogP contribution in [-0.4, -0.2) is 12.1 Å². The summed E-state index contributed by atoms with van der Waals surface area (Å²) in [5.41, 5.74) is -2.75. The van der Waals surface area contributed by atoms with Crippen molar-refractivity contribution in [1.29, 1.82) is 0 Å². The molecule has 0 nitrogen and oxygen atoms in total. The van der Waals surface area contributed by atoms with E-state index >= 15 is 0 Å². The number of alkyl halides is 5. The van der Waals surface area contributed by atoms with Gasteiger partial charge in [0.15, 0.2) is 0 Å². The first-order valence-corrected chi connectivity index (χ1v) is 3.60. The third-order valence-corrected chi connectivity index (χ3v) is 2.52. The van der Waals surface area contributed by atoms with Gasteiger partial charge in [0, 0.05) is 6.42 Å². The summed E-state index contributed by atoms with van der Waals surface area (Å²) in [7, 11) is 0. The van der Waals surface area contributed by atoms with Crippen molar-refractivity contribution in [1.82, 2.24) is 0 Å². The lowest BCUT2D eigenvalue weighted by Gasteiger charge is -2.23. The van der Waals surface area contributed by atoms with Gasteiger partial charge in [-0.1, -0.05) is 13.8 Å². The van der Waals surface area contributed by atoms with Gasteiger partial charge < -0.3 is 0 Å². The van der Waals surface area contributed by atoms with E-state index in [9.17, 15) is 22.0 Å². The fraction of sp³-hybridized carbons (Fsp3) is 1.00. The number of rotatable bonds is 1. The second-order valence-electron chi connectivity index (χ2n) is 3.51. The largest absolute Gasteiger partial charge is 0.400 e. The quantitative estimate of drug-likeness (QED) is 0.554. The topological polar surface area (TPSA) is 0 Å². The minimum Gasteiger partial charge on any atom is -0.206 e. The summed E-state index contributed by atoms with van der Waals surface area (Å²) in [6.07, 6.45) is -5.84. The fourth-order valence-corrected chi connectivity index (χ4v) is 1.57. The summed E-state index contributed by atoms with van der Waals surface area (Å²) in [5.74, 6) is -4.62. The molecule has 0 saturated heterocycles. The maximum Gasteiger partial charge on any atom is 0.400 e. The van der Waals surface area contributed by atoms with Gasteiger partial charge in [-0.25, -0.2) is 8.78 Å². The predicted octanol–water partition coefficient (Wildman–Crippen LogP) is 3.23. The Kier molecular flexibility index (Phi) is 1.72. The molecule has 0 aromatic carbocycles. The van der Waals surface area contributed by atoms with Crippen LogP contribution in [0.1, 0.15) is 20.3 Å². The molecule has 5 heteroatoms. The molecule has 0 aliphatic heterocycles. The molecule has 1 atom stereocenters. The molecule has 1 unspecified atom stereocenters. The molecule has 1 aliphatic rings. The van der Waals surface area contributed by atoms with Crippen LogP contribution in [0.3, 0.4) is 0 Å². The number of hydrogen-bond donors (Lipinski definition) is 0. The molecule has 0 bridgehead atoms. The number of halogens is 5. The highest BCUT2D eigenvalue weighted by Gasteiger charge is 2.84. The van der Waals surface area contributed by atoms with Gasteiger partial charge >= 0.3 is 6.18 Å². The zero-order chi connectivity index (χ0) is 9.78. The van der Waals surface area contributed by atoms with Crippen LogP contribution in [0.2, 0.25) is 0 Å². The average Bonchev–Trinajstić information content (AvgIpc) is 2.33. The van der Waals surface area contributed by atoms with E-state index in [0.717, 1.165) is 0 Å². The molecular formula is C7H9F5. The molecule has 0 aromatic rings. The van der Waals surface area contributed by atoms with Crippen molar-refractivity contribution in [3.63, 3.8) is 0 Å². The normalized spacial score (nSPS) is 34.0. The third kappa shape index (κ3) is 0.944. The Labute approximate surface area is 66.8 Å². The number of hydrogen-bond acceptors (Lipinski definition) is 0. The smallest absolute Gasteiger partial charge is 0.206 e. The molecule has 0 spiro atoms.